The first-order valence-corrected chi connectivity index (χ1v) is 6.67. The zero-order chi connectivity index (χ0) is 11.5. The second kappa shape index (κ2) is 5.25. The third-order valence-corrected chi connectivity index (χ3v) is 4.63. The molecule has 0 aromatic heterocycles. The van der Waals surface area contributed by atoms with E-state index in [2.05, 4.69) is 0 Å². The van der Waals surface area contributed by atoms with Crippen LogP contribution in [0.2, 0.25) is 0 Å². The average Bonchev–Trinajstić information content (AvgIpc) is 2.62. The van der Waals surface area contributed by atoms with E-state index >= 15 is 0 Å². The van der Waals surface area contributed by atoms with Gasteiger partial charge in [0.1, 0.15) is 0 Å². The van der Waals surface area contributed by atoms with Crippen LogP contribution in [-0.2, 0) is 19.5 Å². The van der Waals surface area contributed by atoms with Crippen molar-refractivity contribution >= 4 is 10.0 Å². The van der Waals surface area contributed by atoms with Crippen LogP contribution in [0, 0.1) is 0 Å². The van der Waals surface area contributed by atoms with Crippen LogP contribution in [0.3, 0.4) is 0 Å². The van der Waals surface area contributed by atoms with Crippen molar-refractivity contribution in [1.82, 2.24) is 4.31 Å². The van der Waals surface area contributed by atoms with Crippen LogP contribution in [0.5, 0.6) is 0 Å². The second-order valence-corrected chi connectivity index (χ2v) is 5.88. The molecule has 1 heterocycles. The molecule has 0 radical (unpaired) electrons. The first-order valence-electron chi connectivity index (χ1n) is 5.06. The molecule has 1 saturated heterocycles. The molecule has 6 heteroatoms. The van der Waals surface area contributed by atoms with Crippen molar-refractivity contribution in [2.45, 2.75) is 25.5 Å². The Morgan fingerprint density at radius 1 is 1.40 bits per heavy atom. The highest BCUT2D eigenvalue weighted by molar-refractivity contribution is 7.89. The molecule has 1 aliphatic rings. The van der Waals surface area contributed by atoms with Gasteiger partial charge in [0.2, 0.25) is 10.0 Å². The van der Waals surface area contributed by atoms with Crippen molar-refractivity contribution in [1.29, 1.82) is 0 Å². The molecule has 0 N–H and O–H groups in total. The molecule has 0 saturated carbocycles. The first-order chi connectivity index (χ1) is 7.05. The predicted octanol–water partition coefficient (Wildman–Crippen LogP) is 0.0718. The normalized spacial score (nSPS) is 28.5. The smallest absolute Gasteiger partial charge is 0.214 e. The van der Waals surface area contributed by atoms with Gasteiger partial charge in [-0.3, -0.25) is 0 Å². The van der Waals surface area contributed by atoms with Gasteiger partial charge in [-0.1, -0.05) is 0 Å². The number of hydrogen-bond donors (Lipinski definition) is 0. The van der Waals surface area contributed by atoms with Crippen LogP contribution in [0.15, 0.2) is 0 Å². The van der Waals surface area contributed by atoms with Gasteiger partial charge < -0.3 is 9.47 Å². The molecule has 1 aliphatic heterocycles. The van der Waals surface area contributed by atoms with Gasteiger partial charge in [0, 0.05) is 20.8 Å². The Morgan fingerprint density at radius 2 is 2.07 bits per heavy atom. The maximum absolute atomic E-state index is 11.8. The van der Waals surface area contributed by atoms with E-state index in [0.29, 0.717) is 19.6 Å². The highest BCUT2D eigenvalue weighted by Gasteiger charge is 2.38. The van der Waals surface area contributed by atoms with Crippen LogP contribution < -0.4 is 0 Å². The van der Waals surface area contributed by atoms with Crippen molar-refractivity contribution in [3.8, 4) is 0 Å². The monoisotopic (exact) mass is 237 g/mol. The van der Waals surface area contributed by atoms with Gasteiger partial charge in [-0.25, -0.2) is 8.42 Å². The van der Waals surface area contributed by atoms with Crippen molar-refractivity contribution in [2.24, 2.45) is 0 Å². The SMILES string of the molecule is CCS(=O)(=O)N1C[C@@H](OC)C[C@H]1COC. The van der Waals surface area contributed by atoms with Crippen molar-refractivity contribution in [2.75, 3.05) is 33.1 Å². The molecule has 0 aromatic rings. The molecule has 5 nitrogen and oxygen atoms in total. The van der Waals surface area contributed by atoms with Crippen LogP contribution in [0.1, 0.15) is 13.3 Å². The molecule has 0 amide bonds. The standard InChI is InChI=1S/C9H19NO4S/c1-4-15(11,12)10-6-9(14-3)5-8(10)7-13-2/h8-9H,4-7H2,1-3H3/t8-,9-/m0/s1. The number of ether oxygens (including phenoxy) is 2. The topological polar surface area (TPSA) is 55.8 Å². The van der Waals surface area contributed by atoms with E-state index in [4.69, 9.17) is 9.47 Å². The van der Waals surface area contributed by atoms with Gasteiger partial charge in [0.25, 0.3) is 0 Å². The lowest BCUT2D eigenvalue weighted by atomic mass is 10.2. The van der Waals surface area contributed by atoms with Gasteiger partial charge in [0.15, 0.2) is 0 Å². The third kappa shape index (κ3) is 2.90. The second-order valence-electron chi connectivity index (χ2n) is 3.67. The summed E-state index contributed by atoms with van der Waals surface area (Å²) in [6.45, 7) is 2.53. The predicted molar refractivity (Wildman–Crippen MR) is 57.2 cm³/mol. The summed E-state index contributed by atoms with van der Waals surface area (Å²) >= 11 is 0. The molecule has 0 spiro atoms. The molecule has 2 atom stereocenters. The van der Waals surface area contributed by atoms with Crippen LogP contribution >= 0.6 is 0 Å². The zero-order valence-electron chi connectivity index (χ0n) is 9.47. The summed E-state index contributed by atoms with van der Waals surface area (Å²) < 4.78 is 35.3. The highest BCUT2D eigenvalue weighted by Crippen LogP contribution is 2.23. The first kappa shape index (κ1) is 12.9. The molecule has 0 aromatic carbocycles. The molecule has 0 unspecified atom stereocenters. The van der Waals surface area contributed by atoms with Gasteiger partial charge in [-0.15, -0.1) is 0 Å². The number of sulfonamides is 1. The van der Waals surface area contributed by atoms with Crippen LogP contribution in [-0.4, -0.2) is 58.0 Å². The van der Waals surface area contributed by atoms with E-state index < -0.39 is 10.0 Å². The fourth-order valence-corrected chi connectivity index (χ4v) is 3.19. The average molecular weight is 237 g/mol. The van der Waals surface area contributed by atoms with Crippen LogP contribution in [0.25, 0.3) is 0 Å². The molecule has 1 rings (SSSR count). The number of rotatable bonds is 5. The van der Waals surface area contributed by atoms with E-state index in [0.717, 1.165) is 0 Å². The maximum Gasteiger partial charge on any atom is 0.214 e. The lowest BCUT2D eigenvalue weighted by molar-refractivity contribution is 0.110. The lowest BCUT2D eigenvalue weighted by Gasteiger charge is -2.22. The Bertz CT molecular complexity index is 290. The van der Waals surface area contributed by atoms with E-state index in [-0.39, 0.29) is 17.9 Å². The Morgan fingerprint density at radius 3 is 2.53 bits per heavy atom. The highest BCUT2D eigenvalue weighted by atomic mass is 32.2. The minimum absolute atomic E-state index is 0.00789. The van der Waals surface area contributed by atoms with E-state index in [9.17, 15) is 8.42 Å². The Labute approximate surface area is 91.4 Å². The molecule has 90 valence electrons. The van der Waals surface area contributed by atoms with E-state index in [1.165, 1.54) is 4.31 Å². The minimum atomic E-state index is -3.14. The quantitative estimate of drug-likeness (QED) is 0.679. The molecule has 1 fully saturated rings. The molecular formula is C9H19NO4S. The zero-order valence-corrected chi connectivity index (χ0v) is 10.3. The molecule has 0 aliphatic carbocycles. The Hall–Kier alpha value is -0.170. The summed E-state index contributed by atoms with van der Waals surface area (Å²) in [5.41, 5.74) is 0. The van der Waals surface area contributed by atoms with Crippen molar-refractivity contribution in [3.05, 3.63) is 0 Å². The number of nitrogens with zero attached hydrogens (tertiary/aromatic N) is 1. The third-order valence-electron chi connectivity index (χ3n) is 2.74. The Balaban J connectivity index is 2.77. The summed E-state index contributed by atoms with van der Waals surface area (Å²) in [4.78, 5) is 0. The van der Waals surface area contributed by atoms with Crippen molar-refractivity contribution < 1.29 is 17.9 Å². The van der Waals surface area contributed by atoms with Crippen LogP contribution in [0.4, 0.5) is 0 Å². The van der Waals surface area contributed by atoms with Gasteiger partial charge in [-0.05, 0) is 13.3 Å². The van der Waals surface area contributed by atoms with E-state index in [1.54, 1.807) is 21.1 Å². The molecule has 0 bridgehead atoms. The fraction of sp³-hybridized carbons (Fsp3) is 1.00. The molecule has 15 heavy (non-hydrogen) atoms. The summed E-state index contributed by atoms with van der Waals surface area (Å²) in [5.74, 6) is 0.129. The van der Waals surface area contributed by atoms with Gasteiger partial charge in [0.05, 0.1) is 24.5 Å². The van der Waals surface area contributed by atoms with Crippen molar-refractivity contribution in [3.63, 3.8) is 0 Å². The lowest BCUT2D eigenvalue weighted by Crippen LogP contribution is -2.39. The van der Waals surface area contributed by atoms with Gasteiger partial charge in [-0.2, -0.15) is 4.31 Å². The minimum Gasteiger partial charge on any atom is -0.383 e. The summed E-state index contributed by atoms with van der Waals surface area (Å²) in [6, 6.07) is -0.0788. The largest absolute Gasteiger partial charge is 0.383 e. The van der Waals surface area contributed by atoms with Gasteiger partial charge >= 0.3 is 0 Å². The summed E-state index contributed by atoms with van der Waals surface area (Å²) in [5, 5.41) is 0. The summed E-state index contributed by atoms with van der Waals surface area (Å²) in [6.07, 6.45) is 0.704. The maximum atomic E-state index is 11.8. The fourth-order valence-electron chi connectivity index (χ4n) is 1.87. The Kier molecular flexibility index (Phi) is 4.51. The molecular weight excluding hydrogens is 218 g/mol. The number of methoxy groups -OCH3 is 2. The van der Waals surface area contributed by atoms with E-state index in [1.807, 2.05) is 0 Å². The summed E-state index contributed by atoms with van der Waals surface area (Å²) in [7, 11) is 0.0490. The number of hydrogen-bond acceptors (Lipinski definition) is 4.